The number of hydrogen-bond acceptors (Lipinski definition) is 2. The Bertz CT molecular complexity index is 417. The number of carbonyl (C=O) groups is 2. The first-order valence-corrected chi connectivity index (χ1v) is 7.95. The Labute approximate surface area is 129 Å². The topological polar surface area (TPSA) is 49.4 Å². The molecule has 0 aromatic carbocycles. The highest BCUT2D eigenvalue weighted by Gasteiger charge is 2.50. The molecular formula is C17H32N2O2. The van der Waals surface area contributed by atoms with Crippen LogP contribution in [0.4, 0.5) is 0 Å². The highest BCUT2D eigenvalue weighted by molar-refractivity contribution is 5.99. The molecule has 0 aromatic heterocycles. The smallest absolute Gasteiger partial charge is 0.248 e. The molecule has 2 amide bonds. The molecule has 4 nitrogen and oxygen atoms in total. The molecule has 122 valence electrons. The van der Waals surface area contributed by atoms with Gasteiger partial charge >= 0.3 is 0 Å². The summed E-state index contributed by atoms with van der Waals surface area (Å²) < 4.78 is 0. The number of rotatable bonds is 3. The lowest BCUT2D eigenvalue weighted by Crippen LogP contribution is -2.71. The highest BCUT2D eigenvalue weighted by Crippen LogP contribution is 2.33. The van der Waals surface area contributed by atoms with Gasteiger partial charge in [0.15, 0.2) is 0 Å². The third kappa shape index (κ3) is 3.98. The fraction of sp³-hybridized carbons (Fsp3) is 0.882. The van der Waals surface area contributed by atoms with Gasteiger partial charge in [0.05, 0.1) is 0 Å². The molecule has 1 aliphatic heterocycles. The van der Waals surface area contributed by atoms with Gasteiger partial charge in [-0.15, -0.1) is 0 Å². The molecule has 1 saturated heterocycles. The number of hydrogen-bond donors (Lipinski definition) is 1. The van der Waals surface area contributed by atoms with Crippen molar-refractivity contribution in [1.29, 1.82) is 0 Å². The maximum absolute atomic E-state index is 12.9. The van der Waals surface area contributed by atoms with Crippen LogP contribution in [-0.2, 0) is 9.59 Å². The van der Waals surface area contributed by atoms with E-state index in [2.05, 4.69) is 26.1 Å². The average Bonchev–Trinajstić information content (AvgIpc) is 2.28. The molecule has 1 fully saturated rings. The minimum atomic E-state index is -0.767. The molecule has 0 saturated carbocycles. The van der Waals surface area contributed by atoms with Crippen LogP contribution in [-0.4, -0.2) is 34.8 Å². The number of piperazine rings is 1. The van der Waals surface area contributed by atoms with Gasteiger partial charge in [-0.2, -0.15) is 0 Å². The van der Waals surface area contributed by atoms with E-state index in [1.54, 1.807) is 0 Å². The van der Waals surface area contributed by atoms with Gasteiger partial charge in [0, 0.05) is 6.54 Å². The number of carbonyl (C=O) groups excluding carboxylic acids is 2. The van der Waals surface area contributed by atoms with Gasteiger partial charge in [0.2, 0.25) is 11.8 Å². The number of nitrogens with zero attached hydrogens (tertiary/aromatic N) is 1. The summed E-state index contributed by atoms with van der Waals surface area (Å²) in [4.78, 5) is 27.3. The van der Waals surface area contributed by atoms with E-state index in [-0.39, 0.29) is 22.6 Å². The fourth-order valence-electron chi connectivity index (χ4n) is 2.76. The van der Waals surface area contributed by atoms with Crippen molar-refractivity contribution in [3.63, 3.8) is 0 Å². The van der Waals surface area contributed by atoms with Crippen LogP contribution in [0.3, 0.4) is 0 Å². The Morgan fingerprint density at radius 2 is 1.67 bits per heavy atom. The normalized spacial score (nSPS) is 27.8. The van der Waals surface area contributed by atoms with Crippen LogP contribution < -0.4 is 5.32 Å². The van der Waals surface area contributed by atoms with E-state index in [1.807, 2.05) is 39.5 Å². The highest BCUT2D eigenvalue weighted by atomic mass is 16.2. The van der Waals surface area contributed by atoms with E-state index in [4.69, 9.17) is 0 Å². The molecule has 0 bridgehead atoms. The zero-order chi connectivity index (χ0) is 16.6. The molecule has 1 rings (SSSR count). The second kappa shape index (κ2) is 5.62. The molecule has 1 aliphatic rings. The molecular weight excluding hydrogens is 264 g/mol. The molecule has 0 radical (unpaired) electrons. The van der Waals surface area contributed by atoms with Gasteiger partial charge < -0.3 is 10.2 Å². The number of nitrogens with one attached hydrogen (secondary N) is 1. The van der Waals surface area contributed by atoms with Crippen LogP contribution in [0.5, 0.6) is 0 Å². The van der Waals surface area contributed by atoms with E-state index in [9.17, 15) is 9.59 Å². The van der Waals surface area contributed by atoms with Crippen LogP contribution in [0.15, 0.2) is 0 Å². The first-order chi connectivity index (χ1) is 9.32. The monoisotopic (exact) mass is 296 g/mol. The Hall–Kier alpha value is -1.06. The Morgan fingerprint density at radius 1 is 1.14 bits per heavy atom. The van der Waals surface area contributed by atoms with Crippen LogP contribution in [0.2, 0.25) is 0 Å². The first-order valence-electron chi connectivity index (χ1n) is 7.95. The Balaban J connectivity index is 3.13. The Morgan fingerprint density at radius 3 is 2.05 bits per heavy atom. The number of amides is 2. The summed E-state index contributed by atoms with van der Waals surface area (Å²) in [5, 5.41) is 2.95. The van der Waals surface area contributed by atoms with E-state index >= 15 is 0 Å². The molecule has 1 N–H and O–H groups in total. The summed E-state index contributed by atoms with van der Waals surface area (Å²) in [5.41, 5.74) is -0.900. The van der Waals surface area contributed by atoms with Crippen molar-refractivity contribution >= 4 is 11.8 Å². The van der Waals surface area contributed by atoms with Crippen molar-refractivity contribution in [3.05, 3.63) is 0 Å². The molecule has 2 atom stereocenters. The second-order valence-corrected chi connectivity index (χ2v) is 8.75. The van der Waals surface area contributed by atoms with Crippen molar-refractivity contribution in [3.8, 4) is 0 Å². The van der Waals surface area contributed by atoms with Gasteiger partial charge in [-0.25, -0.2) is 0 Å². The second-order valence-electron chi connectivity index (χ2n) is 8.75. The lowest BCUT2D eigenvalue weighted by molar-refractivity contribution is -0.159. The van der Waals surface area contributed by atoms with E-state index < -0.39 is 11.6 Å². The summed E-state index contributed by atoms with van der Waals surface area (Å²) in [6.07, 6.45) is 1.50. The molecule has 21 heavy (non-hydrogen) atoms. The summed E-state index contributed by atoms with van der Waals surface area (Å²) in [6, 6.07) is -0.396. The zero-order valence-electron chi connectivity index (χ0n) is 15.0. The van der Waals surface area contributed by atoms with E-state index in [1.165, 1.54) is 0 Å². The summed E-state index contributed by atoms with van der Waals surface area (Å²) in [6.45, 7) is 16.9. The third-order valence-electron chi connectivity index (χ3n) is 4.32. The first kappa shape index (κ1) is 18.0. The molecule has 2 unspecified atom stereocenters. The van der Waals surface area contributed by atoms with Gasteiger partial charge in [-0.05, 0) is 30.6 Å². The van der Waals surface area contributed by atoms with Crippen molar-refractivity contribution in [2.45, 2.75) is 79.8 Å². The largest absolute Gasteiger partial charge is 0.340 e. The average molecular weight is 296 g/mol. The summed E-state index contributed by atoms with van der Waals surface area (Å²) >= 11 is 0. The minimum absolute atomic E-state index is 0.0274. The predicted molar refractivity (Wildman–Crippen MR) is 85.9 cm³/mol. The maximum atomic E-state index is 12.9. The van der Waals surface area contributed by atoms with Crippen molar-refractivity contribution in [2.24, 2.45) is 10.8 Å². The molecule has 0 aliphatic carbocycles. The van der Waals surface area contributed by atoms with Crippen LogP contribution in [0.1, 0.15) is 68.2 Å². The quantitative estimate of drug-likeness (QED) is 0.870. The maximum Gasteiger partial charge on any atom is 0.248 e. The van der Waals surface area contributed by atoms with Crippen molar-refractivity contribution < 1.29 is 9.59 Å². The summed E-state index contributed by atoms with van der Waals surface area (Å²) in [5.74, 6) is 0.0223. The van der Waals surface area contributed by atoms with Crippen LogP contribution in [0.25, 0.3) is 0 Å². The zero-order valence-corrected chi connectivity index (χ0v) is 15.0. The fourth-order valence-corrected chi connectivity index (χ4v) is 2.76. The summed E-state index contributed by atoms with van der Waals surface area (Å²) in [7, 11) is 0. The molecule has 4 heteroatoms. The predicted octanol–water partition coefficient (Wildman–Crippen LogP) is 2.96. The van der Waals surface area contributed by atoms with Crippen LogP contribution >= 0.6 is 0 Å². The molecule has 0 spiro atoms. The lowest BCUT2D eigenvalue weighted by atomic mass is 9.79. The molecule has 0 aromatic rings. The lowest BCUT2D eigenvalue weighted by Gasteiger charge is -2.49. The van der Waals surface area contributed by atoms with Crippen molar-refractivity contribution in [2.75, 3.05) is 6.54 Å². The van der Waals surface area contributed by atoms with Gasteiger partial charge in [-0.1, -0.05) is 48.5 Å². The molecule has 1 heterocycles. The van der Waals surface area contributed by atoms with Crippen molar-refractivity contribution in [1.82, 2.24) is 10.2 Å². The minimum Gasteiger partial charge on any atom is -0.340 e. The van der Waals surface area contributed by atoms with Gasteiger partial charge in [-0.3, -0.25) is 9.59 Å². The Kier molecular flexibility index (Phi) is 4.81. The third-order valence-corrected chi connectivity index (χ3v) is 4.32. The van der Waals surface area contributed by atoms with E-state index in [0.29, 0.717) is 13.0 Å². The standard InChI is InChI=1S/C17H32N2O2/c1-9-17(8)14(21)19(11-10-15(2,3)4)12(13(20)18-17)16(5,6)7/h12H,9-11H2,1-8H3,(H,18,20). The van der Waals surface area contributed by atoms with Crippen LogP contribution in [0, 0.1) is 10.8 Å². The SMILES string of the molecule is CCC1(C)NC(=O)C(C(C)(C)C)N(CCC(C)(C)C)C1=O. The van der Waals surface area contributed by atoms with E-state index in [0.717, 1.165) is 6.42 Å². The van der Waals surface area contributed by atoms with Gasteiger partial charge in [0.25, 0.3) is 0 Å². The van der Waals surface area contributed by atoms with Gasteiger partial charge in [0.1, 0.15) is 11.6 Å².